The van der Waals surface area contributed by atoms with Crippen molar-refractivity contribution in [2.24, 2.45) is 4.99 Å². The normalized spacial score (nSPS) is 21.4. The molecule has 2 aliphatic heterocycles. The molecule has 8 heteroatoms. The molecule has 1 atom stereocenters. The van der Waals surface area contributed by atoms with Crippen LogP contribution in [0.3, 0.4) is 0 Å². The van der Waals surface area contributed by atoms with Crippen LogP contribution in [0.2, 0.25) is 0 Å². The van der Waals surface area contributed by atoms with Crippen molar-refractivity contribution in [1.29, 1.82) is 0 Å². The number of hydrogen-bond donors (Lipinski definition) is 2. The lowest BCUT2D eigenvalue weighted by Gasteiger charge is -2.38. The maximum absolute atomic E-state index is 13.2. The van der Waals surface area contributed by atoms with Gasteiger partial charge >= 0.3 is 0 Å². The Morgan fingerprint density at radius 1 is 1.36 bits per heavy atom. The van der Waals surface area contributed by atoms with E-state index in [4.69, 9.17) is 9.73 Å². The summed E-state index contributed by atoms with van der Waals surface area (Å²) >= 11 is 1.72. The van der Waals surface area contributed by atoms with Gasteiger partial charge in [0.25, 0.3) is 5.91 Å². The number of nitrogens with zero attached hydrogens (tertiary/aromatic N) is 3. The number of aliphatic imine (C=N–C) groups is 1. The molecule has 144 valence electrons. The number of carbonyl (C=O) groups is 1. The molecule has 1 aromatic carbocycles. The molecule has 2 aromatic rings. The summed E-state index contributed by atoms with van der Waals surface area (Å²) in [5.74, 6) is 1.53. The van der Waals surface area contributed by atoms with Crippen LogP contribution in [0.1, 0.15) is 27.2 Å². The predicted molar refractivity (Wildman–Crippen MR) is 110 cm³/mol. The summed E-state index contributed by atoms with van der Waals surface area (Å²) in [5.41, 5.74) is 9.23. The summed E-state index contributed by atoms with van der Waals surface area (Å²) in [6.07, 6.45) is 4.57. The Bertz CT molecular complexity index is 981. The number of aryl methyl sites for hydroxylation is 1. The Kier molecular flexibility index (Phi) is 4.10. The summed E-state index contributed by atoms with van der Waals surface area (Å²) in [5, 5.41) is 0.977. The third kappa shape index (κ3) is 2.52. The smallest absolute Gasteiger partial charge is 0.260 e. The van der Waals surface area contributed by atoms with Gasteiger partial charge in [-0.3, -0.25) is 20.0 Å². The van der Waals surface area contributed by atoms with E-state index < -0.39 is 0 Å². The van der Waals surface area contributed by atoms with Crippen LogP contribution in [-0.2, 0) is 12.8 Å². The van der Waals surface area contributed by atoms with Crippen LogP contribution >= 0.6 is 11.3 Å². The van der Waals surface area contributed by atoms with Crippen LogP contribution in [-0.4, -0.2) is 36.7 Å². The Morgan fingerprint density at radius 2 is 2.18 bits per heavy atom. The van der Waals surface area contributed by atoms with Crippen LogP contribution in [0.4, 0.5) is 10.7 Å². The highest BCUT2D eigenvalue weighted by Crippen LogP contribution is 2.45. The fraction of sp³-hybridized carbons (Fsp3) is 0.300. The second-order valence-corrected chi connectivity index (χ2v) is 8.01. The number of guanidine groups is 1. The number of nitrogens with one attached hydrogen (secondary N) is 2. The number of methoxy groups -OCH3 is 1. The number of rotatable bonds is 4. The highest BCUT2D eigenvalue weighted by atomic mass is 32.1. The van der Waals surface area contributed by atoms with E-state index in [1.807, 2.05) is 24.3 Å². The maximum atomic E-state index is 13.2. The zero-order valence-electron chi connectivity index (χ0n) is 15.6. The van der Waals surface area contributed by atoms with E-state index in [-0.39, 0.29) is 12.2 Å². The number of benzene rings is 1. The summed E-state index contributed by atoms with van der Waals surface area (Å²) in [4.78, 5) is 23.2. The third-order valence-electron chi connectivity index (χ3n) is 5.31. The van der Waals surface area contributed by atoms with E-state index in [2.05, 4.69) is 22.3 Å². The molecule has 1 aromatic heterocycles. The lowest BCUT2D eigenvalue weighted by atomic mass is 10.1. The summed E-state index contributed by atoms with van der Waals surface area (Å²) in [6, 6.07) is 7.59. The van der Waals surface area contributed by atoms with Gasteiger partial charge in [-0.05, 0) is 49.1 Å². The summed E-state index contributed by atoms with van der Waals surface area (Å²) in [6.45, 7) is 4.29. The highest BCUT2D eigenvalue weighted by Gasteiger charge is 2.46. The van der Waals surface area contributed by atoms with Gasteiger partial charge in [0.1, 0.15) is 10.8 Å². The van der Waals surface area contributed by atoms with E-state index in [1.165, 1.54) is 10.4 Å². The minimum atomic E-state index is -0.325. The number of hydrogen-bond acceptors (Lipinski definition) is 5. The van der Waals surface area contributed by atoms with Crippen molar-refractivity contribution < 1.29 is 9.53 Å². The number of anilines is 1. The quantitative estimate of drug-likeness (QED) is 0.779. The van der Waals surface area contributed by atoms with Crippen molar-refractivity contribution in [2.45, 2.75) is 25.6 Å². The zero-order valence-corrected chi connectivity index (χ0v) is 16.4. The second-order valence-electron chi connectivity index (χ2n) is 6.93. The number of thiophene rings is 1. The van der Waals surface area contributed by atoms with Gasteiger partial charge in [-0.25, -0.2) is 4.99 Å². The topological polar surface area (TPSA) is 69.2 Å². The third-order valence-corrected chi connectivity index (χ3v) is 6.60. The van der Waals surface area contributed by atoms with Crippen molar-refractivity contribution in [3.8, 4) is 5.75 Å². The van der Waals surface area contributed by atoms with Crippen molar-refractivity contribution >= 4 is 33.9 Å². The fourth-order valence-corrected chi connectivity index (χ4v) is 5.42. The number of carbonyl (C=O) groups excluding carboxylic acids is 1. The lowest BCUT2D eigenvalue weighted by Crippen LogP contribution is -2.57. The van der Waals surface area contributed by atoms with Gasteiger partial charge in [0.2, 0.25) is 5.96 Å². The number of ether oxygens (including phenoxy) is 1. The Hall–Kier alpha value is -2.84. The highest BCUT2D eigenvalue weighted by molar-refractivity contribution is 7.17. The average Bonchev–Trinajstić information content (AvgIpc) is 3.40. The molecule has 1 saturated heterocycles. The second kappa shape index (κ2) is 6.65. The standard InChI is InChI=1S/C20H21N5O2S/c1-3-11-24-17(26)16-14-5-4-6-15(14)28-18(16)25-19(22-23-20(24)25)21-12-7-9-13(27-2)10-8-12/h3,7-10,20,23H,1,4-6,11H2,2H3,(H,21,22). The van der Waals surface area contributed by atoms with Crippen LogP contribution in [0.25, 0.3) is 0 Å². The molecule has 7 nitrogen and oxygen atoms in total. The SMILES string of the molecule is C=CCN1C(=O)c2c(sc3c2CCC3)N2C(=Nc3ccc(OC)cc3)NNC12. The number of hydrazine groups is 1. The van der Waals surface area contributed by atoms with E-state index in [0.29, 0.717) is 12.5 Å². The van der Waals surface area contributed by atoms with Gasteiger partial charge in [-0.1, -0.05) is 6.08 Å². The first kappa shape index (κ1) is 17.3. The minimum absolute atomic E-state index is 0.0653. The van der Waals surface area contributed by atoms with Crippen molar-refractivity contribution in [1.82, 2.24) is 15.8 Å². The van der Waals surface area contributed by atoms with Crippen molar-refractivity contribution in [3.63, 3.8) is 0 Å². The first-order chi connectivity index (χ1) is 13.7. The maximum Gasteiger partial charge on any atom is 0.260 e. The van der Waals surface area contributed by atoms with E-state index in [9.17, 15) is 4.79 Å². The Morgan fingerprint density at radius 3 is 2.93 bits per heavy atom. The molecule has 28 heavy (non-hydrogen) atoms. The molecule has 3 heterocycles. The van der Waals surface area contributed by atoms with Gasteiger partial charge in [-0.15, -0.1) is 17.9 Å². The van der Waals surface area contributed by atoms with Crippen molar-refractivity contribution in [3.05, 3.63) is 52.9 Å². The van der Waals surface area contributed by atoms with Gasteiger partial charge in [-0.2, -0.15) is 5.43 Å². The molecule has 1 amide bonds. The minimum Gasteiger partial charge on any atom is -0.497 e. The Labute approximate surface area is 167 Å². The molecule has 0 radical (unpaired) electrons. The first-order valence-electron chi connectivity index (χ1n) is 9.31. The van der Waals surface area contributed by atoms with Gasteiger partial charge < -0.3 is 4.74 Å². The van der Waals surface area contributed by atoms with E-state index in [1.54, 1.807) is 29.4 Å². The van der Waals surface area contributed by atoms with Gasteiger partial charge in [0, 0.05) is 11.4 Å². The fourth-order valence-electron chi connectivity index (χ4n) is 4.01. The monoisotopic (exact) mass is 395 g/mol. The summed E-state index contributed by atoms with van der Waals surface area (Å²) in [7, 11) is 1.64. The molecule has 1 fully saturated rings. The molecule has 0 bridgehead atoms. The molecule has 2 N–H and O–H groups in total. The molecule has 3 aliphatic rings. The molecule has 1 aliphatic carbocycles. The molecule has 0 saturated carbocycles. The van der Waals surface area contributed by atoms with E-state index in [0.717, 1.165) is 41.3 Å². The van der Waals surface area contributed by atoms with Crippen molar-refractivity contribution in [2.75, 3.05) is 18.6 Å². The van der Waals surface area contributed by atoms with Crippen LogP contribution in [0, 0.1) is 0 Å². The lowest BCUT2D eigenvalue weighted by molar-refractivity contribution is 0.0668. The van der Waals surface area contributed by atoms with Crippen LogP contribution < -0.4 is 20.5 Å². The Balaban J connectivity index is 1.59. The largest absolute Gasteiger partial charge is 0.497 e. The summed E-state index contributed by atoms with van der Waals surface area (Å²) < 4.78 is 5.22. The molecule has 0 spiro atoms. The molecule has 5 rings (SSSR count). The number of amides is 1. The zero-order chi connectivity index (χ0) is 19.3. The van der Waals surface area contributed by atoms with Crippen LogP contribution in [0.15, 0.2) is 41.9 Å². The predicted octanol–water partition coefficient (Wildman–Crippen LogP) is 2.77. The first-order valence-corrected chi connectivity index (χ1v) is 10.1. The average molecular weight is 395 g/mol. The molecule has 1 unspecified atom stereocenters. The molecular formula is C20H21N5O2S. The number of fused-ring (bicyclic) bond motifs is 5. The van der Waals surface area contributed by atoms with Gasteiger partial charge in [0.05, 0.1) is 18.4 Å². The molecular weight excluding hydrogens is 374 g/mol. The van der Waals surface area contributed by atoms with Gasteiger partial charge in [0.15, 0.2) is 6.29 Å². The van der Waals surface area contributed by atoms with Crippen LogP contribution in [0.5, 0.6) is 5.75 Å². The van der Waals surface area contributed by atoms with E-state index >= 15 is 0 Å².